The number of rotatable bonds is 3. The van der Waals surface area contributed by atoms with E-state index in [4.69, 9.17) is 18.8 Å². The molecule has 180 valence electrons. The van der Waals surface area contributed by atoms with Gasteiger partial charge >= 0.3 is 12.8 Å². The van der Waals surface area contributed by atoms with Gasteiger partial charge in [0.2, 0.25) is 6.79 Å². The first-order valence-electron chi connectivity index (χ1n) is 11.2. The van der Waals surface area contributed by atoms with Crippen LogP contribution in [0.3, 0.4) is 0 Å². The van der Waals surface area contributed by atoms with Crippen molar-refractivity contribution < 1.29 is 27.6 Å². The van der Waals surface area contributed by atoms with Crippen molar-refractivity contribution in [3.8, 4) is 11.5 Å². The molecule has 4 aromatic rings. The highest BCUT2D eigenvalue weighted by atomic mass is 19.1. The molecule has 2 aromatic heterocycles. The summed E-state index contributed by atoms with van der Waals surface area (Å²) < 4.78 is 54.5. The second kappa shape index (κ2) is 7.28. The number of nitrogens with one attached hydrogen (secondary N) is 1. The van der Waals surface area contributed by atoms with E-state index in [-0.39, 0.29) is 24.4 Å². The van der Waals surface area contributed by atoms with Crippen LogP contribution in [-0.4, -0.2) is 39.6 Å². The minimum atomic E-state index is -0.909. The number of hydrogen-bond acceptors (Lipinski definition) is 6. The van der Waals surface area contributed by atoms with Crippen LogP contribution in [0.25, 0.3) is 21.9 Å². The standard InChI is InChI=1S/C24H22BF2N3O5/c1-23(2)24(3,4)35-25(34-23)12-7-15(26)14(16(27)8-12)10-30-20-13-5-6-18-21(33-11-32-18)19(13)28-9-17(20)29-22(30)31/h5-9H,10-11H2,1-4H3,(H,29,31). The number of pyridine rings is 1. The number of imidazole rings is 1. The quantitative estimate of drug-likeness (QED) is 0.453. The Hall–Kier alpha value is -3.44. The molecule has 8 nitrogen and oxygen atoms in total. The van der Waals surface area contributed by atoms with E-state index in [2.05, 4.69) is 9.97 Å². The maximum absolute atomic E-state index is 15.2. The van der Waals surface area contributed by atoms with E-state index in [1.807, 2.05) is 27.7 Å². The first kappa shape index (κ1) is 22.1. The number of hydrogen-bond donors (Lipinski definition) is 1. The van der Waals surface area contributed by atoms with Crippen LogP contribution in [0, 0.1) is 11.6 Å². The number of ether oxygens (including phenoxy) is 2. The molecule has 35 heavy (non-hydrogen) atoms. The smallest absolute Gasteiger partial charge is 0.454 e. The molecule has 1 N–H and O–H groups in total. The summed E-state index contributed by atoms with van der Waals surface area (Å²) in [5.41, 5.74) is -0.425. The monoisotopic (exact) mass is 481 g/mol. The van der Waals surface area contributed by atoms with Gasteiger partial charge < -0.3 is 23.8 Å². The molecule has 0 saturated carbocycles. The van der Waals surface area contributed by atoms with E-state index in [1.165, 1.54) is 22.9 Å². The van der Waals surface area contributed by atoms with Gasteiger partial charge in [-0.15, -0.1) is 0 Å². The number of halogens is 2. The SMILES string of the molecule is CC1(C)OB(c2cc(F)c(Cn3c(=O)[nH]c4cnc5c6c(ccc5c43)OCO6)c(F)c2)OC1(C)C. The molecule has 4 heterocycles. The molecule has 1 saturated heterocycles. The molecule has 2 aliphatic heterocycles. The van der Waals surface area contributed by atoms with Crippen LogP contribution in [0.15, 0.2) is 35.3 Å². The van der Waals surface area contributed by atoms with Crippen molar-refractivity contribution in [3.63, 3.8) is 0 Å². The van der Waals surface area contributed by atoms with Gasteiger partial charge in [-0.2, -0.15) is 0 Å². The lowest BCUT2D eigenvalue weighted by Gasteiger charge is -2.32. The molecule has 0 aliphatic carbocycles. The maximum atomic E-state index is 15.2. The summed E-state index contributed by atoms with van der Waals surface area (Å²) in [5.74, 6) is -0.586. The summed E-state index contributed by atoms with van der Waals surface area (Å²) in [6.45, 7) is 7.20. The highest BCUT2D eigenvalue weighted by Gasteiger charge is 2.52. The minimum absolute atomic E-state index is 0.0691. The van der Waals surface area contributed by atoms with Crippen molar-refractivity contribution >= 4 is 34.5 Å². The van der Waals surface area contributed by atoms with Gasteiger partial charge in [0.1, 0.15) is 17.2 Å². The second-order valence-electron chi connectivity index (χ2n) is 9.78. The average Bonchev–Trinajstić information content (AvgIpc) is 3.44. The van der Waals surface area contributed by atoms with Gasteiger partial charge in [-0.1, -0.05) is 0 Å². The van der Waals surface area contributed by atoms with Gasteiger partial charge in [0, 0.05) is 10.9 Å². The third-order valence-electron chi connectivity index (χ3n) is 7.11. The molecule has 0 amide bonds. The van der Waals surface area contributed by atoms with E-state index >= 15 is 8.78 Å². The summed E-state index contributed by atoms with van der Waals surface area (Å²) in [6.07, 6.45) is 1.49. The molecular weight excluding hydrogens is 459 g/mol. The molecule has 0 spiro atoms. The van der Waals surface area contributed by atoms with E-state index in [0.29, 0.717) is 33.4 Å². The van der Waals surface area contributed by atoms with Gasteiger partial charge in [0.05, 0.1) is 35.0 Å². The third kappa shape index (κ3) is 3.25. The van der Waals surface area contributed by atoms with Gasteiger partial charge in [0.25, 0.3) is 0 Å². The van der Waals surface area contributed by atoms with E-state index in [1.54, 1.807) is 12.1 Å². The molecule has 2 aliphatic rings. The largest absolute Gasteiger partial charge is 0.495 e. The molecule has 0 atom stereocenters. The van der Waals surface area contributed by atoms with Crippen molar-refractivity contribution in [1.82, 2.24) is 14.5 Å². The van der Waals surface area contributed by atoms with E-state index < -0.39 is 35.6 Å². The Morgan fingerprint density at radius 2 is 1.77 bits per heavy atom. The van der Waals surface area contributed by atoms with Gasteiger partial charge in [-0.3, -0.25) is 4.57 Å². The predicted octanol–water partition coefficient (Wildman–Crippen LogP) is 3.23. The van der Waals surface area contributed by atoms with Crippen LogP contribution < -0.4 is 20.6 Å². The molecule has 0 radical (unpaired) electrons. The number of fused-ring (bicyclic) bond motifs is 5. The van der Waals surface area contributed by atoms with Gasteiger partial charge in [-0.25, -0.2) is 18.6 Å². The summed E-state index contributed by atoms with van der Waals surface area (Å²) in [5, 5.41) is 0.597. The first-order valence-corrected chi connectivity index (χ1v) is 11.2. The maximum Gasteiger partial charge on any atom is 0.495 e. The first-order chi connectivity index (χ1) is 16.6. The van der Waals surface area contributed by atoms with Crippen LogP contribution in [0.1, 0.15) is 33.3 Å². The van der Waals surface area contributed by atoms with Crippen molar-refractivity contribution in [2.45, 2.75) is 45.4 Å². The molecule has 6 rings (SSSR count). The third-order valence-corrected chi connectivity index (χ3v) is 7.11. The molecule has 2 aromatic carbocycles. The predicted molar refractivity (Wildman–Crippen MR) is 125 cm³/mol. The van der Waals surface area contributed by atoms with E-state index in [9.17, 15) is 4.79 Å². The van der Waals surface area contributed by atoms with E-state index in [0.717, 1.165) is 0 Å². The molecule has 1 fully saturated rings. The number of aromatic nitrogens is 3. The van der Waals surface area contributed by atoms with Crippen molar-refractivity contribution in [1.29, 1.82) is 0 Å². The van der Waals surface area contributed by atoms with Crippen LogP contribution in [0.5, 0.6) is 11.5 Å². The lowest BCUT2D eigenvalue weighted by molar-refractivity contribution is 0.00578. The minimum Gasteiger partial charge on any atom is -0.454 e. The fourth-order valence-electron chi connectivity index (χ4n) is 4.48. The Balaban J connectivity index is 1.43. The van der Waals surface area contributed by atoms with Crippen molar-refractivity contribution in [2.75, 3.05) is 6.79 Å². The number of nitrogens with zero attached hydrogens (tertiary/aromatic N) is 2. The van der Waals surface area contributed by atoms with Gasteiger partial charge in [0.15, 0.2) is 11.5 Å². The second-order valence-corrected chi connectivity index (χ2v) is 9.78. The summed E-state index contributed by atoms with van der Waals surface area (Å²) in [4.78, 5) is 19.9. The van der Waals surface area contributed by atoms with Crippen LogP contribution in [0.2, 0.25) is 0 Å². The lowest BCUT2D eigenvalue weighted by Crippen LogP contribution is -2.41. The number of H-pyrrole nitrogens is 1. The van der Waals surface area contributed by atoms with Gasteiger partial charge in [-0.05, 0) is 57.4 Å². The molecule has 0 bridgehead atoms. The normalized spacial score (nSPS) is 18.2. The highest BCUT2D eigenvalue weighted by molar-refractivity contribution is 6.62. The Morgan fingerprint density at radius 3 is 2.46 bits per heavy atom. The molecule has 0 unspecified atom stereocenters. The Labute approximate surface area is 198 Å². The molecule has 11 heteroatoms. The van der Waals surface area contributed by atoms with Crippen LogP contribution in [0.4, 0.5) is 8.78 Å². The lowest BCUT2D eigenvalue weighted by atomic mass is 9.78. The topological polar surface area (TPSA) is 87.6 Å². The number of aromatic amines is 1. The zero-order valence-electron chi connectivity index (χ0n) is 19.6. The summed E-state index contributed by atoms with van der Waals surface area (Å²) in [7, 11) is -0.909. The Kier molecular flexibility index (Phi) is 4.59. The average molecular weight is 481 g/mol. The van der Waals surface area contributed by atoms with Crippen LogP contribution >= 0.6 is 0 Å². The summed E-state index contributed by atoms with van der Waals surface area (Å²) in [6, 6.07) is 5.85. The zero-order valence-corrected chi connectivity index (χ0v) is 19.6. The molecular formula is C24H22BF2N3O5. The highest BCUT2D eigenvalue weighted by Crippen LogP contribution is 2.40. The Morgan fingerprint density at radius 1 is 1.09 bits per heavy atom. The Bertz CT molecular complexity index is 1540. The van der Waals surface area contributed by atoms with Crippen LogP contribution in [-0.2, 0) is 15.9 Å². The zero-order chi connectivity index (χ0) is 24.7. The fraction of sp³-hybridized carbons (Fsp3) is 0.333. The number of benzene rings is 2. The van der Waals surface area contributed by atoms with Crippen molar-refractivity contribution in [3.05, 3.63) is 58.1 Å². The fourth-order valence-corrected chi connectivity index (χ4v) is 4.48. The van der Waals surface area contributed by atoms with Crippen molar-refractivity contribution in [2.24, 2.45) is 0 Å². The summed E-state index contributed by atoms with van der Waals surface area (Å²) >= 11 is 0.